The Morgan fingerprint density at radius 2 is 1.56 bits per heavy atom. The van der Waals surface area contributed by atoms with Crippen LogP contribution in [0.1, 0.15) is 51.7 Å². The van der Waals surface area contributed by atoms with E-state index in [1.807, 2.05) is 12.1 Å². The molecule has 3 heteroatoms. The summed E-state index contributed by atoms with van der Waals surface area (Å²) in [6.45, 7) is 11.1. The maximum atomic E-state index is 4.92. The molecular formula is C24H27N3. The lowest BCUT2D eigenvalue weighted by Gasteiger charge is -2.23. The monoisotopic (exact) mass is 357 g/mol. The standard InChI is InChI=1S/C24H27N3/c1-23(2,3)21-13-12-17-11-10-16(14-20(17)25-21)15-24(4,5)22-26-18-8-6-7-9-19(18)27-22/h6-14H,15H2,1-5H3,(H,26,27). The molecule has 0 unspecified atom stereocenters. The van der Waals surface area contributed by atoms with E-state index < -0.39 is 0 Å². The largest absolute Gasteiger partial charge is 0.342 e. The molecule has 0 saturated carbocycles. The molecule has 0 aliphatic heterocycles. The van der Waals surface area contributed by atoms with Gasteiger partial charge in [-0.1, -0.05) is 65.0 Å². The number of benzene rings is 2. The zero-order chi connectivity index (χ0) is 19.2. The van der Waals surface area contributed by atoms with Crippen molar-refractivity contribution in [1.82, 2.24) is 15.0 Å². The van der Waals surface area contributed by atoms with E-state index in [2.05, 4.69) is 82.1 Å². The van der Waals surface area contributed by atoms with Gasteiger partial charge in [-0.3, -0.25) is 4.98 Å². The molecule has 0 fully saturated rings. The number of imidazole rings is 1. The second-order valence-corrected chi connectivity index (χ2v) is 9.14. The highest BCUT2D eigenvalue weighted by Gasteiger charge is 2.25. The smallest absolute Gasteiger partial charge is 0.113 e. The summed E-state index contributed by atoms with van der Waals surface area (Å²) >= 11 is 0. The number of aromatic nitrogens is 3. The second-order valence-electron chi connectivity index (χ2n) is 9.14. The van der Waals surface area contributed by atoms with Crippen LogP contribution in [0, 0.1) is 0 Å². The Balaban J connectivity index is 1.68. The Morgan fingerprint density at radius 1 is 0.815 bits per heavy atom. The van der Waals surface area contributed by atoms with E-state index in [1.54, 1.807) is 0 Å². The summed E-state index contributed by atoms with van der Waals surface area (Å²) in [5, 5.41) is 1.19. The third-order valence-corrected chi connectivity index (χ3v) is 5.20. The molecule has 2 aromatic carbocycles. The molecule has 1 N–H and O–H groups in total. The van der Waals surface area contributed by atoms with Crippen molar-refractivity contribution in [3.8, 4) is 0 Å². The van der Waals surface area contributed by atoms with E-state index in [-0.39, 0.29) is 10.8 Å². The molecule has 138 valence electrons. The van der Waals surface area contributed by atoms with Crippen LogP contribution in [0.2, 0.25) is 0 Å². The quantitative estimate of drug-likeness (QED) is 0.494. The van der Waals surface area contributed by atoms with Gasteiger partial charge in [0.2, 0.25) is 0 Å². The minimum absolute atomic E-state index is 0.0533. The van der Waals surface area contributed by atoms with Gasteiger partial charge in [0, 0.05) is 21.9 Å². The van der Waals surface area contributed by atoms with Gasteiger partial charge >= 0.3 is 0 Å². The van der Waals surface area contributed by atoms with Crippen LogP contribution in [-0.2, 0) is 17.3 Å². The normalized spacial score (nSPS) is 12.8. The molecule has 2 heterocycles. The fraction of sp³-hybridized carbons (Fsp3) is 0.333. The van der Waals surface area contributed by atoms with Crippen LogP contribution in [0.4, 0.5) is 0 Å². The van der Waals surface area contributed by atoms with Crippen molar-refractivity contribution < 1.29 is 0 Å². The van der Waals surface area contributed by atoms with Gasteiger partial charge < -0.3 is 4.98 Å². The lowest BCUT2D eigenvalue weighted by atomic mass is 9.84. The van der Waals surface area contributed by atoms with Crippen molar-refractivity contribution in [2.24, 2.45) is 0 Å². The van der Waals surface area contributed by atoms with Gasteiger partial charge in [-0.05, 0) is 36.2 Å². The van der Waals surface area contributed by atoms with Gasteiger partial charge in [-0.15, -0.1) is 0 Å². The lowest BCUT2D eigenvalue weighted by Crippen LogP contribution is -2.22. The number of aromatic amines is 1. The first-order valence-electron chi connectivity index (χ1n) is 9.58. The average Bonchev–Trinajstić information content (AvgIpc) is 3.05. The van der Waals surface area contributed by atoms with Crippen molar-refractivity contribution in [1.29, 1.82) is 0 Å². The minimum Gasteiger partial charge on any atom is -0.342 e. The van der Waals surface area contributed by atoms with Crippen LogP contribution in [0.25, 0.3) is 21.9 Å². The third-order valence-electron chi connectivity index (χ3n) is 5.20. The van der Waals surface area contributed by atoms with Crippen LogP contribution in [0.15, 0.2) is 54.6 Å². The summed E-state index contributed by atoms with van der Waals surface area (Å²) in [5.74, 6) is 1.03. The summed E-state index contributed by atoms with van der Waals surface area (Å²) in [7, 11) is 0. The van der Waals surface area contributed by atoms with E-state index in [4.69, 9.17) is 9.97 Å². The summed E-state index contributed by atoms with van der Waals surface area (Å²) in [6.07, 6.45) is 0.907. The van der Waals surface area contributed by atoms with Crippen LogP contribution in [0.3, 0.4) is 0 Å². The number of fused-ring (bicyclic) bond motifs is 2. The number of nitrogens with zero attached hydrogens (tertiary/aromatic N) is 2. The maximum Gasteiger partial charge on any atom is 0.113 e. The Hall–Kier alpha value is -2.68. The first kappa shape index (κ1) is 17.7. The molecule has 3 nitrogen and oxygen atoms in total. The first-order chi connectivity index (χ1) is 12.7. The average molecular weight is 358 g/mol. The van der Waals surface area contributed by atoms with Gasteiger partial charge in [0.05, 0.1) is 16.6 Å². The van der Waals surface area contributed by atoms with Crippen molar-refractivity contribution in [2.75, 3.05) is 0 Å². The number of H-pyrrole nitrogens is 1. The van der Waals surface area contributed by atoms with Gasteiger partial charge in [-0.25, -0.2) is 4.98 Å². The minimum atomic E-state index is -0.0890. The molecular weight excluding hydrogens is 330 g/mol. The molecule has 0 saturated heterocycles. The predicted octanol–water partition coefficient (Wildman–Crippen LogP) is 5.93. The SMILES string of the molecule is CC(C)(C)c1ccc2ccc(CC(C)(C)c3nc4ccccc4[nH]3)cc2n1. The van der Waals surface area contributed by atoms with Crippen molar-refractivity contribution in [3.05, 3.63) is 71.7 Å². The molecule has 0 bridgehead atoms. The number of rotatable bonds is 3. The highest BCUT2D eigenvalue weighted by atomic mass is 14.9. The number of nitrogens with one attached hydrogen (secondary N) is 1. The zero-order valence-electron chi connectivity index (χ0n) is 16.8. The molecule has 0 aliphatic carbocycles. The van der Waals surface area contributed by atoms with E-state index in [9.17, 15) is 0 Å². The fourth-order valence-corrected chi connectivity index (χ4v) is 3.56. The lowest BCUT2D eigenvalue weighted by molar-refractivity contribution is 0.494. The fourth-order valence-electron chi connectivity index (χ4n) is 3.56. The van der Waals surface area contributed by atoms with E-state index >= 15 is 0 Å². The molecule has 0 spiro atoms. The van der Waals surface area contributed by atoms with Gasteiger partial charge in [0.1, 0.15) is 5.82 Å². The molecule has 0 atom stereocenters. The molecule has 0 amide bonds. The van der Waals surface area contributed by atoms with Crippen molar-refractivity contribution in [3.63, 3.8) is 0 Å². The topological polar surface area (TPSA) is 41.6 Å². The van der Waals surface area contributed by atoms with Crippen LogP contribution in [0.5, 0.6) is 0 Å². The van der Waals surface area contributed by atoms with Gasteiger partial charge in [0.25, 0.3) is 0 Å². The second kappa shape index (κ2) is 6.19. The van der Waals surface area contributed by atoms with Crippen molar-refractivity contribution >= 4 is 21.9 Å². The Morgan fingerprint density at radius 3 is 2.30 bits per heavy atom. The highest BCUT2D eigenvalue weighted by Crippen LogP contribution is 2.29. The van der Waals surface area contributed by atoms with Crippen LogP contribution < -0.4 is 0 Å². The molecule has 0 radical (unpaired) electrons. The number of para-hydroxylation sites is 2. The summed E-state index contributed by atoms with van der Waals surface area (Å²) in [6, 6.07) is 19.1. The maximum absolute atomic E-state index is 4.92. The molecule has 0 aliphatic rings. The number of pyridine rings is 1. The molecule has 4 aromatic rings. The molecule has 2 aromatic heterocycles. The first-order valence-corrected chi connectivity index (χ1v) is 9.58. The summed E-state index contributed by atoms with van der Waals surface area (Å²) < 4.78 is 0. The van der Waals surface area contributed by atoms with E-state index in [0.29, 0.717) is 0 Å². The van der Waals surface area contributed by atoms with Gasteiger partial charge in [-0.2, -0.15) is 0 Å². The van der Waals surface area contributed by atoms with Crippen LogP contribution in [-0.4, -0.2) is 15.0 Å². The Kier molecular flexibility index (Phi) is 4.06. The number of hydrogen-bond donors (Lipinski definition) is 1. The highest BCUT2D eigenvalue weighted by molar-refractivity contribution is 5.79. The summed E-state index contributed by atoms with van der Waals surface area (Å²) in [5.41, 5.74) is 5.56. The zero-order valence-corrected chi connectivity index (χ0v) is 16.8. The summed E-state index contributed by atoms with van der Waals surface area (Å²) in [4.78, 5) is 13.2. The van der Waals surface area contributed by atoms with Crippen molar-refractivity contribution in [2.45, 2.75) is 51.9 Å². The third kappa shape index (κ3) is 3.46. The Labute approximate surface area is 160 Å². The predicted molar refractivity (Wildman–Crippen MR) is 113 cm³/mol. The van der Waals surface area contributed by atoms with Crippen LogP contribution >= 0.6 is 0 Å². The number of hydrogen-bond acceptors (Lipinski definition) is 2. The molecule has 4 rings (SSSR count). The molecule has 27 heavy (non-hydrogen) atoms. The Bertz CT molecular complexity index is 1080. The van der Waals surface area contributed by atoms with Gasteiger partial charge in [0.15, 0.2) is 0 Å². The van der Waals surface area contributed by atoms with E-state index in [0.717, 1.165) is 34.5 Å². The van der Waals surface area contributed by atoms with E-state index in [1.165, 1.54) is 10.9 Å².